The van der Waals surface area contributed by atoms with Crippen LogP contribution < -0.4 is 0 Å². The first kappa shape index (κ1) is 8.75. The zero-order valence-corrected chi connectivity index (χ0v) is 8.20. The Morgan fingerprint density at radius 3 is 3.08 bits per heavy atom. The summed E-state index contributed by atoms with van der Waals surface area (Å²) < 4.78 is 1.94. The first-order valence-electron chi connectivity index (χ1n) is 4.94. The molecule has 0 radical (unpaired) electrons. The Morgan fingerprint density at radius 2 is 2.38 bits per heavy atom. The van der Waals surface area contributed by atoms with Crippen molar-refractivity contribution in [3.8, 4) is 0 Å². The first-order chi connectivity index (χ1) is 6.20. The number of hydrogen-bond donors (Lipinski definition) is 1. The zero-order valence-electron chi connectivity index (χ0n) is 8.20. The highest BCUT2D eigenvalue weighted by molar-refractivity contribution is 5.23. The van der Waals surface area contributed by atoms with E-state index in [9.17, 15) is 5.11 Å². The van der Waals surface area contributed by atoms with Crippen molar-refractivity contribution in [2.24, 2.45) is 0 Å². The number of hydrogen-bond acceptors (Lipinski definition) is 2. The molecule has 1 atom stereocenters. The third kappa shape index (κ3) is 1.37. The highest BCUT2D eigenvalue weighted by Crippen LogP contribution is 2.30. The smallest absolute Gasteiger partial charge is 0.0959 e. The fraction of sp³-hybridized carbons (Fsp3) is 0.700. The molecule has 1 N–H and O–H groups in total. The summed E-state index contributed by atoms with van der Waals surface area (Å²) in [5.74, 6) is 0. The number of aliphatic hydroxyl groups is 1. The second-order valence-corrected chi connectivity index (χ2v) is 4.00. The van der Waals surface area contributed by atoms with Gasteiger partial charge in [0.25, 0.3) is 0 Å². The van der Waals surface area contributed by atoms with E-state index in [-0.39, 0.29) is 6.10 Å². The molecule has 0 aromatic carbocycles. The number of aryl methyl sites for hydroxylation is 1. The summed E-state index contributed by atoms with van der Waals surface area (Å²) >= 11 is 0. The van der Waals surface area contributed by atoms with E-state index < -0.39 is 0 Å². The fourth-order valence-electron chi connectivity index (χ4n) is 2.00. The predicted octanol–water partition coefficient (Wildman–Crippen LogP) is 1.83. The molecule has 0 aliphatic heterocycles. The number of rotatable bonds is 1. The Balaban J connectivity index is 2.44. The maximum absolute atomic E-state index is 9.82. The van der Waals surface area contributed by atoms with Crippen LogP contribution in [0.1, 0.15) is 50.1 Å². The van der Waals surface area contributed by atoms with Crippen LogP contribution in [-0.2, 0) is 6.42 Å². The third-order valence-electron chi connectivity index (χ3n) is 2.64. The lowest BCUT2D eigenvalue weighted by Gasteiger charge is -2.21. The van der Waals surface area contributed by atoms with E-state index in [2.05, 4.69) is 18.9 Å². The summed E-state index contributed by atoms with van der Waals surface area (Å²) in [6.07, 6.45) is 4.63. The molecule has 0 bridgehead atoms. The van der Waals surface area contributed by atoms with E-state index in [0.717, 1.165) is 25.0 Å². The molecule has 0 saturated heterocycles. The second-order valence-electron chi connectivity index (χ2n) is 4.00. The van der Waals surface area contributed by atoms with E-state index in [4.69, 9.17) is 0 Å². The molecule has 3 heteroatoms. The van der Waals surface area contributed by atoms with Gasteiger partial charge in [0.1, 0.15) is 0 Å². The van der Waals surface area contributed by atoms with E-state index in [0.29, 0.717) is 6.04 Å². The number of aromatic nitrogens is 2. The summed E-state index contributed by atoms with van der Waals surface area (Å²) in [7, 11) is 0. The molecule has 0 saturated carbocycles. The normalized spacial score (nSPS) is 22.0. The van der Waals surface area contributed by atoms with Crippen molar-refractivity contribution < 1.29 is 5.11 Å². The van der Waals surface area contributed by atoms with Gasteiger partial charge in [0.15, 0.2) is 0 Å². The van der Waals surface area contributed by atoms with Crippen LogP contribution in [-0.4, -0.2) is 14.9 Å². The topological polar surface area (TPSA) is 38.0 Å². The molecule has 0 fully saturated rings. The Hall–Kier alpha value is -0.830. The van der Waals surface area contributed by atoms with Gasteiger partial charge < -0.3 is 5.11 Å². The van der Waals surface area contributed by atoms with Crippen molar-refractivity contribution in [3.63, 3.8) is 0 Å². The minimum absolute atomic E-state index is 0.298. The summed E-state index contributed by atoms with van der Waals surface area (Å²) in [6, 6.07) is 0.344. The lowest BCUT2D eigenvalue weighted by molar-refractivity contribution is 0.143. The Morgan fingerprint density at radius 1 is 1.62 bits per heavy atom. The van der Waals surface area contributed by atoms with Crippen molar-refractivity contribution in [3.05, 3.63) is 17.5 Å². The SMILES string of the molecule is CC(C)n1ncc2c1C(O)CCC2. The standard InChI is InChI=1S/C10H16N2O/c1-7(2)12-10-8(6-11-12)4-3-5-9(10)13/h6-7,9,13H,3-5H2,1-2H3. The highest BCUT2D eigenvalue weighted by Gasteiger charge is 2.23. The summed E-state index contributed by atoms with van der Waals surface area (Å²) in [5.41, 5.74) is 2.27. The van der Waals surface area contributed by atoms with Gasteiger partial charge >= 0.3 is 0 Å². The summed E-state index contributed by atoms with van der Waals surface area (Å²) in [5, 5.41) is 14.1. The second kappa shape index (κ2) is 3.14. The monoisotopic (exact) mass is 180 g/mol. The molecule has 1 unspecified atom stereocenters. The van der Waals surface area contributed by atoms with Gasteiger partial charge in [0.2, 0.25) is 0 Å². The molecule has 1 heterocycles. The van der Waals surface area contributed by atoms with E-state index in [1.54, 1.807) is 0 Å². The molecule has 1 aliphatic carbocycles. The van der Waals surface area contributed by atoms with Crippen molar-refractivity contribution >= 4 is 0 Å². The molecule has 13 heavy (non-hydrogen) atoms. The molecular weight excluding hydrogens is 164 g/mol. The molecule has 2 rings (SSSR count). The van der Waals surface area contributed by atoms with Crippen LogP contribution in [0.15, 0.2) is 6.20 Å². The Labute approximate surface area is 78.4 Å². The lowest BCUT2D eigenvalue weighted by Crippen LogP contribution is -2.15. The Kier molecular flexibility index (Phi) is 2.12. The van der Waals surface area contributed by atoms with Gasteiger partial charge in [0.05, 0.1) is 18.0 Å². The maximum atomic E-state index is 9.82. The molecular formula is C10H16N2O. The third-order valence-corrected chi connectivity index (χ3v) is 2.64. The van der Waals surface area contributed by atoms with Gasteiger partial charge in [-0.3, -0.25) is 4.68 Å². The van der Waals surface area contributed by atoms with Crippen molar-refractivity contribution in [1.82, 2.24) is 9.78 Å². The molecule has 0 amide bonds. The number of nitrogens with zero attached hydrogens (tertiary/aromatic N) is 2. The van der Waals surface area contributed by atoms with Crippen molar-refractivity contribution in [2.45, 2.75) is 45.3 Å². The number of fused-ring (bicyclic) bond motifs is 1. The minimum atomic E-state index is -0.298. The van der Waals surface area contributed by atoms with Crippen LogP contribution in [0.2, 0.25) is 0 Å². The van der Waals surface area contributed by atoms with Gasteiger partial charge in [-0.25, -0.2) is 0 Å². The van der Waals surface area contributed by atoms with Crippen LogP contribution >= 0.6 is 0 Å². The van der Waals surface area contributed by atoms with Gasteiger partial charge in [-0.2, -0.15) is 5.10 Å². The molecule has 1 aromatic heterocycles. The molecule has 1 aliphatic rings. The molecule has 3 nitrogen and oxygen atoms in total. The van der Waals surface area contributed by atoms with Crippen LogP contribution in [0.25, 0.3) is 0 Å². The number of aliphatic hydroxyl groups excluding tert-OH is 1. The fourth-order valence-corrected chi connectivity index (χ4v) is 2.00. The maximum Gasteiger partial charge on any atom is 0.0959 e. The quantitative estimate of drug-likeness (QED) is 0.716. The van der Waals surface area contributed by atoms with Gasteiger partial charge in [0, 0.05) is 6.04 Å². The van der Waals surface area contributed by atoms with E-state index in [1.165, 1.54) is 5.56 Å². The van der Waals surface area contributed by atoms with Crippen LogP contribution in [0.4, 0.5) is 0 Å². The average molecular weight is 180 g/mol. The molecule has 0 spiro atoms. The van der Waals surface area contributed by atoms with Gasteiger partial charge in [-0.05, 0) is 38.7 Å². The van der Waals surface area contributed by atoms with Gasteiger partial charge in [-0.1, -0.05) is 0 Å². The predicted molar refractivity (Wildman–Crippen MR) is 50.5 cm³/mol. The van der Waals surface area contributed by atoms with E-state index >= 15 is 0 Å². The van der Waals surface area contributed by atoms with Crippen LogP contribution in [0.5, 0.6) is 0 Å². The van der Waals surface area contributed by atoms with Gasteiger partial charge in [-0.15, -0.1) is 0 Å². The average Bonchev–Trinajstić information content (AvgIpc) is 2.49. The summed E-state index contributed by atoms with van der Waals surface area (Å²) in [6.45, 7) is 4.18. The van der Waals surface area contributed by atoms with E-state index in [1.807, 2.05) is 10.9 Å². The van der Waals surface area contributed by atoms with Crippen LogP contribution in [0.3, 0.4) is 0 Å². The first-order valence-corrected chi connectivity index (χ1v) is 4.94. The van der Waals surface area contributed by atoms with Crippen molar-refractivity contribution in [2.75, 3.05) is 0 Å². The lowest BCUT2D eigenvalue weighted by atomic mass is 9.95. The zero-order chi connectivity index (χ0) is 9.42. The summed E-state index contributed by atoms with van der Waals surface area (Å²) in [4.78, 5) is 0. The van der Waals surface area contributed by atoms with Crippen LogP contribution in [0, 0.1) is 0 Å². The van der Waals surface area contributed by atoms with Crippen molar-refractivity contribution in [1.29, 1.82) is 0 Å². The largest absolute Gasteiger partial charge is 0.387 e. The molecule has 1 aromatic rings. The Bertz CT molecular complexity index is 304. The minimum Gasteiger partial charge on any atom is -0.387 e. The highest BCUT2D eigenvalue weighted by atomic mass is 16.3. The molecule has 72 valence electrons.